The summed E-state index contributed by atoms with van der Waals surface area (Å²) >= 11 is 0. The number of benzene rings is 1. The number of hydrogen-bond donors (Lipinski definition) is 10. The van der Waals surface area contributed by atoms with Crippen molar-refractivity contribution in [2.45, 2.75) is 93.2 Å². The zero-order valence-electron chi connectivity index (χ0n) is 22.5. The summed E-state index contributed by atoms with van der Waals surface area (Å²) in [6.45, 7) is -1.78. The van der Waals surface area contributed by atoms with Gasteiger partial charge in [-0.05, 0) is 37.1 Å². The fraction of sp³-hybridized carbons (Fsp3) is 0.731. The zero-order chi connectivity index (χ0) is 29.2. The molecule has 14 nitrogen and oxygen atoms in total. The first-order valence-electron chi connectivity index (χ1n) is 13.5. The van der Waals surface area contributed by atoms with Gasteiger partial charge in [0.05, 0.1) is 19.8 Å². The van der Waals surface area contributed by atoms with Crippen LogP contribution >= 0.6 is 0 Å². The average Bonchev–Trinajstić information content (AvgIpc) is 2.96. The molecule has 2 amide bonds. The molecule has 10 N–H and O–H groups in total. The third-order valence-corrected chi connectivity index (χ3v) is 7.32. The number of hydrogen-bond acceptors (Lipinski definition) is 12. The van der Waals surface area contributed by atoms with Crippen LogP contribution in [0.5, 0.6) is 0 Å². The van der Waals surface area contributed by atoms with E-state index in [0.29, 0.717) is 11.4 Å². The van der Waals surface area contributed by atoms with E-state index in [1.54, 1.807) is 24.3 Å². The summed E-state index contributed by atoms with van der Waals surface area (Å²) in [5, 5.41) is 79.4. The third-order valence-electron chi connectivity index (χ3n) is 7.32. The van der Waals surface area contributed by atoms with Crippen molar-refractivity contribution in [3.63, 3.8) is 0 Å². The standard InChI is InChI=1S/C26H43N3O11/c1-38-18(11-30)21(34)20(33)17(32)13-39-24-19(12-31)40-25(23(36)22(24)35)27-15-7-9-16(10-8-15)29-26(37)28-14-5-3-2-4-6-14/h7-10,14,17-25,27,30-36H,2-6,11-13H2,1H3,(H2,28,29,37)/t17-,18?,19?,20?,21?,22?,23?,24?,25?/m1/s1. The minimum atomic E-state index is -1.75. The van der Waals surface area contributed by atoms with Crippen molar-refractivity contribution < 1.29 is 54.8 Å². The van der Waals surface area contributed by atoms with E-state index in [-0.39, 0.29) is 12.1 Å². The number of carbonyl (C=O) groups is 1. The molecule has 40 heavy (non-hydrogen) atoms. The highest BCUT2D eigenvalue weighted by molar-refractivity contribution is 5.89. The van der Waals surface area contributed by atoms with Crippen LogP contribution in [0.15, 0.2) is 24.3 Å². The molecule has 9 atom stereocenters. The van der Waals surface area contributed by atoms with Gasteiger partial charge in [-0.3, -0.25) is 0 Å². The summed E-state index contributed by atoms with van der Waals surface area (Å²) in [5.74, 6) is 0. The average molecular weight is 574 g/mol. The second kappa shape index (κ2) is 15.8. The van der Waals surface area contributed by atoms with Gasteiger partial charge in [0.1, 0.15) is 48.8 Å². The molecule has 228 valence electrons. The lowest BCUT2D eigenvalue weighted by atomic mass is 9.96. The van der Waals surface area contributed by atoms with E-state index in [2.05, 4.69) is 16.0 Å². The second-order valence-corrected chi connectivity index (χ2v) is 10.2. The molecule has 0 radical (unpaired) electrons. The number of aliphatic hydroxyl groups is 7. The number of aliphatic hydroxyl groups excluding tert-OH is 7. The number of methoxy groups -OCH3 is 1. The number of nitrogens with one attached hydrogen (secondary N) is 3. The molecular weight excluding hydrogens is 530 g/mol. The zero-order valence-corrected chi connectivity index (χ0v) is 22.5. The molecule has 0 aromatic heterocycles. The van der Waals surface area contributed by atoms with Gasteiger partial charge >= 0.3 is 6.03 Å². The van der Waals surface area contributed by atoms with Crippen molar-refractivity contribution in [3.05, 3.63) is 24.3 Å². The van der Waals surface area contributed by atoms with E-state index in [4.69, 9.17) is 14.2 Å². The molecule has 2 fully saturated rings. The van der Waals surface area contributed by atoms with Gasteiger partial charge in [-0.25, -0.2) is 4.79 Å². The molecule has 8 unspecified atom stereocenters. The topological polar surface area (TPSA) is 222 Å². The van der Waals surface area contributed by atoms with Crippen LogP contribution in [0.1, 0.15) is 32.1 Å². The summed E-state index contributed by atoms with van der Waals surface area (Å²) in [6.07, 6.45) is -7.39. The van der Waals surface area contributed by atoms with Gasteiger partial charge in [-0.15, -0.1) is 0 Å². The highest BCUT2D eigenvalue weighted by Gasteiger charge is 2.45. The first kappa shape index (κ1) is 32.4. The molecule has 1 aromatic rings. The first-order valence-corrected chi connectivity index (χ1v) is 13.5. The molecule has 14 heteroatoms. The van der Waals surface area contributed by atoms with Gasteiger partial charge in [0, 0.05) is 24.5 Å². The van der Waals surface area contributed by atoms with Gasteiger partial charge in [-0.2, -0.15) is 0 Å². The van der Waals surface area contributed by atoms with Crippen LogP contribution < -0.4 is 16.0 Å². The second-order valence-electron chi connectivity index (χ2n) is 10.2. The monoisotopic (exact) mass is 573 g/mol. The molecule has 1 aliphatic heterocycles. The van der Waals surface area contributed by atoms with Crippen LogP contribution in [0.25, 0.3) is 0 Å². The normalized spacial score (nSPS) is 28.8. The van der Waals surface area contributed by atoms with Crippen LogP contribution in [0.2, 0.25) is 0 Å². The lowest BCUT2D eigenvalue weighted by Gasteiger charge is -2.42. The fourth-order valence-corrected chi connectivity index (χ4v) is 4.90. The molecule has 0 spiro atoms. The Morgan fingerprint density at radius 2 is 1.65 bits per heavy atom. The Morgan fingerprint density at radius 3 is 2.25 bits per heavy atom. The van der Waals surface area contributed by atoms with E-state index in [1.165, 1.54) is 13.5 Å². The van der Waals surface area contributed by atoms with Crippen LogP contribution in [0.3, 0.4) is 0 Å². The van der Waals surface area contributed by atoms with Gasteiger partial charge in [0.25, 0.3) is 0 Å². The fourth-order valence-electron chi connectivity index (χ4n) is 4.90. The molecule has 3 rings (SSSR count). The largest absolute Gasteiger partial charge is 0.394 e. The van der Waals surface area contributed by atoms with E-state index < -0.39 is 74.9 Å². The van der Waals surface area contributed by atoms with Crippen molar-refractivity contribution in [3.8, 4) is 0 Å². The number of anilines is 2. The molecule has 1 saturated carbocycles. The maximum Gasteiger partial charge on any atom is 0.319 e. The summed E-state index contributed by atoms with van der Waals surface area (Å²) in [5.41, 5.74) is 1.07. The molecule has 2 aliphatic rings. The minimum Gasteiger partial charge on any atom is -0.394 e. The van der Waals surface area contributed by atoms with Crippen molar-refractivity contribution in [2.75, 3.05) is 37.6 Å². The third kappa shape index (κ3) is 8.69. The lowest BCUT2D eigenvalue weighted by molar-refractivity contribution is -0.243. The Hall–Kier alpha value is -2.11. The Bertz CT molecular complexity index is 883. The van der Waals surface area contributed by atoms with Crippen LogP contribution in [0.4, 0.5) is 16.2 Å². The van der Waals surface area contributed by atoms with Gasteiger partial charge in [-0.1, -0.05) is 19.3 Å². The molecular formula is C26H43N3O11. The number of urea groups is 1. The van der Waals surface area contributed by atoms with Gasteiger partial charge < -0.3 is 65.9 Å². The smallest absolute Gasteiger partial charge is 0.319 e. The maximum atomic E-state index is 12.3. The van der Waals surface area contributed by atoms with E-state index in [9.17, 15) is 40.5 Å². The van der Waals surface area contributed by atoms with E-state index >= 15 is 0 Å². The van der Waals surface area contributed by atoms with Crippen LogP contribution in [-0.2, 0) is 14.2 Å². The highest BCUT2D eigenvalue weighted by Crippen LogP contribution is 2.26. The lowest BCUT2D eigenvalue weighted by Crippen LogP contribution is -2.62. The van der Waals surface area contributed by atoms with Crippen molar-refractivity contribution in [1.82, 2.24) is 5.32 Å². The van der Waals surface area contributed by atoms with Crippen molar-refractivity contribution >= 4 is 17.4 Å². The Morgan fingerprint density at radius 1 is 1.00 bits per heavy atom. The Labute approximate surface area is 232 Å². The molecule has 1 heterocycles. The number of amides is 2. The molecule has 1 aromatic carbocycles. The quantitative estimate of drug-likeness (QED) is 0.130. The Balaban J connectivity index is 1.52. The summed E-state index contributed by atoms with van der Waals surface area (Å²) < 4.78 is 16.0. The molecule has 1 saturated heterocycles. The van der Waals surface area contributed by atoms with Crippen LogP contribution in [-0.4, -0.2) is 130 Å². The predicted octanol–water partition coefficient (Wildman–Crippen LogP) is -1.53. The van der Waals surface area contributed by atoms with Crippen LogP contribution in [0, 0.1) is 0 Å². The minimum absolute atomic E-state index is 0.174. The van der Waals surface area contributed by atoms with E-state index in [1.807, 2.05) is 0 Å². The summed E-state index contributed by atoms with van der Waals surface area (Å²) in [6, 6.07) is 6.52. The molecule has 1 aliphatic carbocycles. The Kier molecular flexibility index (Phi) is 12.8. The first-order chi connectivity index (χ1) is 19.2. The summed E-state index contributed by atoms with van der Waals surface area (Å²) in [7, 11) is 1.22. The highest BCUT2D eigenvalue weighted by atomic mass is 16.6. The maximum absolute atomic E-state index is 12.3. The summed E-state index contributed by atoms with van der Waals surface area (Å²) in [4.78, 5) is 12.3. The van der Waals surface area contributed by atoms with E-state index in [0.717, 1.165) is 25.7 Å². The number of rotatable bonds is 13. The van der Waals surface area contributed by atoms with Gasteiger partial charge in [0.15, 0.2) is 6.23 Å². The number of ether oxygens (including phenoxy) is 3. The van der Waals surface area contributed by atoms with Crippen molar-refractivity contribution in [1.29, 1.82) is 0 Å². The van der Waals surface area contributed by atoms with Gasteiger partial charge in [0.2, 0.25) is 0 Å². The number of carbonyl (C=O) groups excluding carboxylic acids is 1. The SMILES string of the molecule is COC(CO)C(O)C(O)[C@H](O)COC1C(CO)OC(Nc2ccc(NC(=O)NC3CCCCC3)cc2)C(O)C1O. The van der Waals surface area contributed by atoms with Crippen molar-refractivity contribution in [2.24, 2.45) is 0 Å². The molecule has 0 bridgehead atoms. The predicted molar refractivity (Wildman–Crippen MR) is 142 cm³/mol.